The molecular weight excluding hydrogens is 511 g/mol. The third-order valence-electron chi connectivity index (χ3n) is 7.12. The van der Waals surface area contributed by atoms with Crippen molar-refractivity contribution in [3.05, 3.63) is 83.3 Å². The van der Waals surface area contributed by atoms with Gasteiger partial charge in [-0.15, -0.1) is 0 Å². The molecule has 2 N–H and O–H groups in total. The zero-order chi connectivity index (χ0) is 28.2. The lowest BCUT2D eigenvalue weighted by atomic mass is 9.83. The van der Waals surface area contributed by atoms with Gasteiger partial charge in [0.05, 0.1) is 16.5 Å². The number of likely N-dealkylation sites (N-methyl/N-ethyl adjacent to an activating group) is 1. The predicted molar refractivity (Wildman–Crippen MR) is 140 cm³/mol. The first-order chi connectivity index (χ1) is 18.4. The molecule has 202 valence electrons. The van der Waals surface area contributed by atoms with Crippen LogP contribution in [0, 0.1) is 17.5 Å². The fourth-order valence-corrected chi connectivity index (χ4v) is 5.36. The number of hydrogen-bond donors (Lipinski definition) is 2. The van der Waals surface area contributed by atoms with Gasteiger partial charge < -0.3 is 24.6 Å². The van der Waals surface area contributed by atoms with Gasteiger partial charge in [-0.1, -0.05) is 26.0 Å². The molecule has 5 rings (SSSR count). The quantitative estimate of drug-likeness (QED) is 0.327. The van der Waals surface area contributed by atoms with E-state index in [0.29, 0.717) is 29.9 Å². The monoisotopic (exact) mass is 537 g/mol. The molecule has 1 aliphatic heterocycles. The molecule has 10 heteroatoms. The van der Waals surface area contributed by atoms with Crippen molar-refractivity contribution in [3.8, 4) is 22.6 Å². The highest BCUT2D eigenvalue weighted by Gasteiger charge is 2.38. The summed E-state index contributed by atoms with van der Waals surface area (Å²) in [5.74, 6) is -4.40. The maximum atomic E-state index is 14.7. The molecule has 0 unspecified atom stereocenters. The van der Waals surface area contributed by atoms with Crippen molar-refractivity contribution in [1.82, 2.24) is 14.4 Å². The number of fused-ring (bicyclic) bond motifs is 1. The first-order valence-corrected chi connectivity index (χ1v) is 12.3. The van der Waals surface area contributed by atoms with Crippen molar-refractivity contribution < 1.29 is 33.0 Å². The molecule has 1 saturated heterocycles. The molecule has 0 bridgehead atoms. The number of carbonyl (C=O) groups is 2. The first kappa shape index (κ1) is 26.1. The van der Waals surface area contributed by atoms with Crippen molar-refractivity contribution in [1.29, 1.82) is 0 Å². The Morgan fingerprint density at radius 2 is 1.67 bits per heavy atom. The molecule has 1 fully saturated rings. The van der Waals surface area contributed by atoms with E-state index in [1.807, 2.05) is 13.8 Å². The third-order valence-corrected chi connectivity index (χ3v) is 7.12. The van der Waals surface area contributed by atoms with Gasteiger partial charge in [0.1, 0.15) is 11.6 Å². The highest BCUT2D eigenvalue weighted by atomic mass is 19.2. The maximum Gasteiger partial charge on any atom is 0.335 e. The van der Waals surface area contributed by atoms with Crippen LogP contribution in [0.5, 0.6) is 5.75 Å². The maximum absolute atomic E-state index is 14.7. The second-order valence-corrected chi connectivity index (χ2v) is 10.4. The van der Waals surface area contributed by atoms with Gasteiger partial charge in [0.2, 0.25) is 0 Å². The zero-order valence-electron chi connectivity index (χ0n) is 21.5. The Labute approximate surface area is 222 Å². The number of aromatic hydroxyl groups is 1. The summed E-state index contributed by atoms with van der Waals surface area (Å²) in [7, 11) is 1.70. The molecule has 0 atom stereocenters. The number of urea groups is 1. The largest absolute Gasteiger partial charge is 0.507 e. The van der Waals surface area contributed by atoms with Crippen LogP contribution in [-0.4, -0.2) is 63.3 Å². The summed E-state index contributed by atoms with van der Waals surface area (Å²) in [6.45, 7) is 4.97. The van der Waals surface area contributed by atoms with E-state index in [0.717, 1.165) is 18.2 Å². The molecule has 1 aromatic heterocycles. The first-order valence-electron chi connectivity index (χ1n) is 12.3. The van der Waals surface area contributed by atoms with Crippen LogP contribution in [0.1, 0.15) is 29.9 Å². The third kappa shape index (κ3) is 4.45. The SMILES string of the molecule is CN1CCN(CC(C)(C)c2c(-c3ccc(C(=O)O)cc3)c3c(O)cc(F)cc3n2-c2ccc(F)c(F)c2)C1=O. The molecule has 1 aliphatic rings. The van der Waals surface area contributed by atoms with Crippen molar-refractivity contribution in [2.45, 2.75) is 19.3 Å². The van der Waals surface area contributed by atoms with E-state index in [-0.39, 0.29) is 40.5 Å². The van der Waals surface area contributed by atoms with E-state index in [4.69, 9.17) is 0 Å². The number of aromatic nitrogens is 1. The normalized spacial score (nSPS) is 14.1. The highest BCUT2D eigenvalue weighted by Crippen LogP contribution is 2.46. The second kappa shape index (κ2) is 9.37. The molecule has 0 saturated carbocycles. The van der Waals surface area contributed by atoms with Gasteiger partial charge in [0.15, 0.2) is 11.6 Å². The lowest BCUT2D eigenvalue weighted by Gasteiger charge is -2.33. The van der Waals surface area contributed by atoms with Crippen LogP contribution < -0.4 is 0 Å². The molecule has 4 aromatic rings. The number of amides is 2. The molecule has 39 heavy (non-hydrogen) atoms. The van der Waals surface area contributed by atoms with Crippen molar-refractivity contribution in [2.24, 2.45) is 0 Å². The van der Waals surface area contributed by atoms with E-state index in [9.17, 15) is 33.0 Å². The van der Waals surface area contributed by atoms with E-state index >= 15 is 0 Å². The Hall–Kier alpha value is -4.47. The van der Waals surface area contributed by atoms with Crippen molar-refractivity contribution >= 4 is 22.9 Å². The minimum absolute atomic E-state index is 0.0462. The summed E-state index contributed by atoms with van der Waals surface area (Å²) in [5, 5.41) is 20.6. The molecular formula is C29H26F3N3O4. The van der Waals surface area contributed by atoms with Gasteiger partial charge in [-0.3, -0.25) is 0 Å². The summed E-state index contributed by atoms with van der Waals surface area (Å²) in [5.41, 5.74) is 1.01. The van der Waals surface area contributed by atoms with Crippen LogP contribution in [0.2, 0.25) is 0 Å². The molecule has 2 amide bonds. The molecule has 2 heterocycles. The predicted octanol–water partition coefficient (Wildman–Crippen LogP) is 5.76. The lowest BCUT2D eigenvalue weighted by Crippen LogP contribution is -2.40. The topological polar surface area (TPSA) is 86.0 Å². The van der Waals surface area contributed by atoms with E-state index in [1.165, 1.54) is 24.3 Å². The van der Waals surface area contributed by atoms with Gasteiger partial charge in [-0.2, -0.15) is 0 Å². The van der Waals surface area contributed by atoms with Crippen LogP contribution in [-0.2, 0) is 5.41 Å². The van der Waals surface area contributed by atoms with Crippen LogP contribution >= 0.6 is 0 Å². The van der Waals surface area contributed by atoms with Gasteiger partial charge in [-0.25, -0.2) is 22.8 Å². The van der Waals surface area contributed by atoms with Crippen molar-refractivity contribution in [2.75, 3.05) is 26.7 Å². The average Bonchev–Trinajstić information content (AvgIpc) is 3.38. The van der Waals surface area contributed by atoms with Gasteiger partial charge in [0.25, 0.3) is 0 Å². The van der Waals surface area contributed by atoms with Crippen LogP contribution in [0.25, 0.3) is 27.7 Å². The Balaban J connectivity index is 1.87. The molecule has 7 nitrogen and oxygen atoms in total. The number of halogens is 3. The van der Waals surface area contributed by atoms with Crippen molar-refractivity contribution in [3.63, 3.8) is 0 Å². The second-order valence-electron chi connectivity index (χ2n) is 10.4. The summed E-state index contributed by atoms with van der Waals surface area (Å²) >= 11 is 0. The lowest BCUT2D eigenvalue weighted by molar-refractivity contribution is 0.0697. The number of aromatic carboxylic acids is 1. The number of phenols is 1. The summed E-state index contributed by atoms with van der Waals surface area (Å²) < 4.78 is 44.7. The van der Waals surface area contributed by atoms with Crippen LogP contribution in [0.15, 0.2) is 54.6 Å². The van der Waals surface area contributed by atoms with Crippen LogP contribution in [0.4, 0.5) is 18.0 Å². The Morgan fingerprint density at radius 1 is 0.974 bits per heavy atom. The Kier molecular flexibility index (Phi) is 6.28. The molecule has 0 spiro atoms. The molecule has 3 aromatic carbocycles. The number of carbonyl (C=O) groups excluding carboxylic acids is 1. The van der Waals surface area contributed by atoms with Gasteiger partial charge in [-0.05, 0) is 35.9 Å². The van der Waals surface area contributed by atoms with E-state index in [2.05, 4.69) is 0 Å². The molecule has 0 radical (unpaired) electrons. The van der Waals surface area contributed by atoms with E-state index < -0.39 is 28.8 Å². The number of hydrogen-bond acceptors (Lipinski definition) is 3. The number of carboxylic acid groups (broad SMARTS) is 1. The van der Waals surface area contributed by atoms with E-state index in [1.54, 1.807) is 33.5 Å². The summed E-state index contributed by atoms with van der Waals surface area (Å²) in [4.78, 5) is 27.5. The minimum atomic E-state index is -1.12. The van der Waals surface area contributed by atoms with Crippen LogP contribution in [0.3, 0.4) is 0 Å². The summed E-state index contributed by atoms with van der Waals surface area (Å²) in [6.07, 6.45) is 0. The molecule has 0 aliphatic carbocycles. The smallest absolute Gasteiger partial charge is 0.335 e. The number of rotatable bonds is 6. The number of carboxylic acids is 1. The number of phenolic OH excluding ortho intramolecular Hbond substituents is 1. The average molecular weight is 538 g/mol. The fraction of sp³-hybridized carbons (Fsp3) is 0.241. The summed E-state index contributed by atoms with van der Waals surface area (Å²) in [6, 6.07) is 11.3. The van der Waals surface area contributed by atoms with Gasteiger partial charge in [0, 0.05) is 61.2 Å². The highest BCUT2D eigenvalue weighted by molar-refractivity contribution is 6.04. The Bertz CT molecular complexity index is 1630. The number of nitrogens with zero attached hydrogens (tertiary/aromatic N) is 3. The van der Waals surface area contributed by atoms with Gasteiger partial charge >= 0.3 is 12.0 Å². The zero-order valence-corrected chi connectivity index (χ0v) is 21.5. The standard InChI is InChI=1S/C29H26F3N3O4/c1-29(2,15-34-11-10-33(3)28(34)39)26-24(16-4-6-17(7-5-16)27(37)38)25-22(12-18(30)13-23(25)36)35(26)19-8-9-20(31)21(32)14-19/h4-9,12-14,36H,10-11,15H2,1-3H3,(H,37,38). The minimum Gasteiger partial charge on any atom is -0.507 e. The Morgan fingerprint density at radius 3 is 2.26 bits per heavy atom. The number of benzene rings is 3. The fourth-order valence-electron chi connectivity index (χ4n) is 5.36.